The van der Waals surface area contributed by atoms with Crippen molar-refractivity contribution in [2.24, 2.45) is 0 Å². The lowest BCUT2D eigenvalue weighted by Crippen LogP contribution is -2.56. The Balaban J connectivity index is 1.30. The average Bonchev–Trinajstić information content (AvgIpc) is 2.70. The number of piperidine rings is 1. The lowest BCUT2D eigenvalue weighted by molar-refractivity contribution is 0.0645. The Bertz CT molecular complexity index is 538. The van der Waals surface area contributed by atoms with Crippen molar-refractivity contribution in [3.05, 3.63) is 30.1 Å². The van der Waals surface area contributed by atoms with Crippen molar-refractivity contribution in [3.8, 4) is 0 Å². The first-order valence-electron chi connectivity index (χ1n) is 9.86. The minimum Gasteiger partial charge on any atom is -0.369 e. The second-order valence-corrected chi connectivity index (χ2v) is 8.86. The summed E-state index contributed by atoms with van der Waals surface area (Å²) in [6.07, 6.45) is 5.48. The molecule has 3 aliphatic rings. The van der Waals surface area contributed by atoms with E-state index in [1.165, 1.54) is 50.3 Å². The molecule has 0 bridgehead atoms. The molecule has 5 heteroatoms. The lowest BCUT2D eigenvalue weighted by atomic mass is 9.99. The maximum atomic E-state index is 13.1. The van der Waals surface area contributed by atoms with Crippen LogP contribution in [-0.2, 0) is 0 Å². The summed E-state index contributed by atoms with van der Waals surface area (Å²) >= 11 is 2.12. The predicted octanol–water partition coefficient (Wildman–Crippen LogP) is 3.31. The molecule has 0 radical (unpaired) electrons. The van der Waals surface area contributed by atoms with Crippen LogP contribution < -0.4 is 4.90 Å². The Morgan fingerprint density at radius 1 is 0.800 bits per heavy atom. The van der Waals surface area contributed by atoms with Crippen LogP contribution in [0.4, 0.5) is 10.1 Å². The van der Waals surface area contributed by atoms with Gasteiger partial charge in [-0.3, -0.25) is 9.80 Å². The summed E-state index contributed by atoms with van der Waals surface area (Å²) in [5.41, 5.74) is 1.16. The van der Waals surface area contributed by atoms with Gasteiger partial charge in [-0.05, 0) is 68.0 Å². The van der Waals surface area contributed by atoms with Gasteiger partial charge < -0.3 is 4.90 Å². The molecule has 3 aliphatic heterocycles. The third-order valence-electron chi connectivity index (χ3n) is 6.16. The van der Waals surface area contributed by atoms with Gasteiger partial charge in [0.2, 0.25) is 0 Å². The van der Waals surface area contributed by atoms with Crippen LogP contribution in [0.15, 0.2) is 24.3 Å². The summed E-state index contributed by atoms with van der Waals surface area (Å²) in [4.78, 5) is 7.90. The standard InChI is InChI=1S/C20H30FN3S/c21-17-3-5-18(6-4-17)22-10-12-23(13-11-22)20-2-1-9-24(16-20)19-7-14-25-15-8-19/h3-6,19-20H,1-2,7-16H2/t20-/m0/s1. The van der Waals surface area contributed by atoms with Crippen LogP contribution >= 0.6 is 11.8 Å². The predicted molar refractivity (Wildman–Crippen MR) is 105 cm³/mol. The summed E-state index contributed by atoms with van der Waals surface area (Å²) in [7, 11) is 0. The van der Waals surface area contributed by atoms with Crippen molar-refractivity contribution in [2.75, 3.05) is 55.7 Å². The summed E-state index contributed by atoms with van der Waals surface area (Å²) in [6.45, 7) is 6.96. The fourth-order valence-corrected chi connectivity index (χ4v) is 5.74. The highest BCUT2D eigenvalue weighted by Crippen LogP contribution is 2.27. The Kier molecular flexibility index (Phi) is 5.83. The van der Waals surface area contributed by atoms with Crippen molar-refractivity contribution < 1.29 is 4.39 Å². The minimum atomic E-state index is -0.147. The molecular formula is C20H30FN3S. The Morgan fingerprint density at radius 3 is 2.24 bits per heavy atom. The molecule has 1 aromatic carbocycles. The minimum absolute atomic E-state index is 0.147. The van der Waals surface area contributed by atoms with E-state index < -0.39 is 0 Å². The van der Waals surface area contributed by atoms with Crippen LogP contribution in [0.1, 0.15) is 25.7 Å². The SMILES string of the molecule is Fc1ccc(N2CCN([C@H]3CCCN(C4CCSCC4)C3)CC2)cc1. The van der Waals surface area contributed by atoms with Gasteiger partial charge in [-0.1, -0.05) is 0 Å². The van der Waals surface area contributed by atoms with Crippen LogP contribution in [0.3, 0.4) is 0 Å². The topological polar surface area (TPSA) is 9.72 Å². The van der Waals surface area contributed by atoms with Crippen molar-refractivity contribution in [3.63, 3.8) is 0 Å². The molecule has 0 saturated carbocycles. The van der Waals surface area contributed by atoms with Gasteiger partial charge in [-0.25, -0.2) is 4.39 Å². The van der Waals surface area contributed by atoms with Crippen LogP contribution in [0, 0.1) is 5.82 Å². The maximum Gasteiger partial charge on any atom is 0.123 e. The highest BCUT2D eigenvalue weighted by Gasteiger charge is 2.31. The van der Waals surface area contributed by atoms with Gasteiger partial charge in [0.05, 0.1) is 0 Å². The van der Waals surface area contributed by atoms with Gasteiger partial charge in [0, 0.05) is 50.5 Å². The second kappa shape index (κ2) is 8.28. The summed E-state index contributed by atoms with van der Waals surface area (Å²) in [6, 6.07) is 8.54. The number of halogens is 1. The number of nitrogens with zero attached hydrogens (tertiary/aromatic N) is 3. The second-order valence-electron chi connectivity index (χ2n) is 7.63. The van der Waals surface area contributed by atoms with Crippen molar-refractivity contribution >= 4 is 17.4 Å². The van der Waals surface area contributed by atoms with Crippen LogP contribution in [0.25, 0.3) is 0 Å². The molecule has 3 saturated heterocycles. The van der Waals surface area contributed by atoms with Crippen molar-refractivity contribution in [1.29, 1.82) is 0 Å². The van der Waals surface area contributed by atoms with Gasteiger partial charge in [-0.15, -0.1) is 0 Å². The number of hydrogen-bond donors (Lipinski definition) is 0. The van der Waals surface area contributed by atoms with Crippen LogP contribution in [0.5, 0.6) is 0 Å². The molecule has 138 valence electrons. The van der Waals surface area contributed by atoms with Gasteiger partial charge in [-0.2, -0.15) is 11.8 Å². The first-order chi connectivity index (χ1) is 12.3. The Labute approximate surface area is 155 Å². The number of hydrogen-bond acceptors (Lipinski definition) is 4. The summed E-state index contributed by atoms with van der Waals surface area (Å²) in [5.74, 6) is 2.55. The molecule has 0 amide bonds. The molecule has 3 heterocycles. The fourth-order valence-electron chi connectivity index (χ4n) is 4.66. The summed E-state index contributed by atoms with van der Waals surface area (Å²) < 4.78 is 13.1. The first-order valence-corrected chi connectivity index (χ1v) is 11.0. The molecule has 4 rings (SSSR count). The molecule has 0 unspecified atom stereocenters. The number of anilines is 1. The molecule has 1 aromatic rings. The third kappa shape index (κ3) is 4.32. The van der Waals surface area contributed by atoms with E-state index in [0.29, 0.717) is 0 Å². The number of rotatable bonds is 3. The fraction of sp³-hybridized carbons (Fsp3) is 0.700. The highest BCUT2D eigenvalue weighted by atomic mass is 32.2. The maximum absolute atomic E-state index is 13.1. The summed E-state index contributed by atoms with van der Waals surface area (Å²) in [5, 5.41) is 0. The monoisotopic (exact) mass is 363 g/mol. The largest absolute Gasteiger partial charge is 0.369 e. The molecule has 25 heavy (non-hydrogen) atoms. The number of piperazine rings is 1. The van der Waals surface area contributed by atoms with E-state index in [0.717, 1.165) is 44.0 Å². The smallest absolute Gasteiger partial charge is 0.123 e. The van der Waals surface area contributed by atoms with Crippen LogP contribution in [-0.4, -0.2) is 72.7 Å². The Hall–Kier alpha value is -0.780. The van der Waals surface area contributed by atoms with E-state index in [2.05, 4.69) is 26.5 Å². The molecule has 0 spiro atoms. The number of thioether (sulfide) groups is 1. The zero-order chi connectivity index (χ0) is 17.1. The average molecular weight is 364 g/mol. The van der Waals surface area contributed by atoms with Gasteiger partial charge in [0.1, 0.15) is 5.82 Å². The number of likely N-dealkylation sites (tertiary alicyclic amines) is 1. The van der Waals surface area contributed by atoms with E-state index in [-0.39, 0.29) is 5.82 Å². The molecule has 0 aromatic heterocycles. The normalized spacial score (nSPS) is 27.6. The van der Waals surface area contributed by atoms with Crippen molar-refractivity contribution in [1.82, 2.24) is 9.80 Å². The van der Waals surface area contributed by atoms with Crippen LogP contribution in [0.2, 0.25) is 0 Å². The third-order valence-corrected chi connectivity index (χ3v) is 7.21. The van der Waals surface area contributed by atoms with E-state index in [1.807, 2.05) is 12.1 Å². The molecule has 3 nitrogen and oxygen atoms in total. The molecular weight excluding hydrogens is 333 g/mol. The highest BCUT2D eigenvalue weighted by molar-refractivity contribution is 7.99. The zero-order valence-corrected chi connectivity index (χ0v) is 15.9. The first kappa shape index (κ1) is 17.6. The lowest BCUT2D eigenvalue weighted by Gasteiger charge is -2.46. The van der Waals surface area contributed by atoms with Crippen molar-refractivity contribution in [2.45, 2.75) is 37.8 Å². The number of benzene rings is 1. The van der Waals surface area contributed by atoms with E-state index in [1.54, 1.807) is 12.1 Å². The molecule has 1 atom stereocenters. The van der Waals surface area contributed by atoms with Gasteiger partial charge in [0.15, 0.2) is 0 Å². The molecule has 3 fully saturated rings. The quantitative estimate of drug-likeness (QED) is 0.815. The Morgan fingerprint density at radius 2 is 1.52 bits per heavy atom. The van der Waals surface area contributed by atoms with E-state index >= 15 is 0 Å². The molecule has 0 N–H and O–H groups in total. The van der Waals surface area contributed by atoms with Gasteiger partial charge >= 0.3 is 0 Å². The zero-order valence-electron chi connectivity index (χ0n) is 15.1. The molecule has 0 aliphatic carbocycles. The van der Waals surface area contributed by atoms with E-state index in [9.17, 15) is 4.39 Å². The van der Waals surface area contributed by atoms with E-state index in [4.69, 9.17) is 0 Å². The van der Waals surface area contributed by atoms with Gasteiger partial charge in [0.25, 0.3) is 0 Å².